The summed E-state index contributed by atoms with van der Waals surface area (Å²) in [6.07, 6.45) is 5.48. The third kappa shape index (κ3) is 2.27. The van der Waals surface area contributed by atoms with Crippen molar-refractivity contribution in [1.29, 1.82) is 0 Å². The smallest absolute Gasteiger partial charge is 0.244 e. The largest absolute Gasteiger partial charge is 0.469 e. The van der Waals surface area contributed by atoms with Crippen molar-refractivity contribution in [3.63, 3.8) is 0 Å². The summed E-state index contributed by atoms with van der Waals surface area (Å²) in [6, 6.07) is 1.43. The number of aryl methyl sites for hydroxylation is 1. The average molecular weight is 259 g/mol. The van der Waals surface area contributed by atoms with Crippen LogP contribution in [0.3, 0.4) is 0 Å². The maximum Gasteiger partial charge on any atom is 0.244 e. The molecule has 98 valence electrons. The summed E-state index contributed by atoms with van der Waals surface area (Å²) in [5.74, 6) is 1.63. The summed E-state index contributed by atoms with van der Waals surface area (Å²) < 4.78 is 10.4. The van der Waals surface area contributed by atoms with E-state index in [0.29, 0.717) is 18.1 Å². The summed E-state index contributed by atoms with van der Waals surface area (Å²) in [6.45, 7) is 1.84. The lowest BCUT2D eigenvalue weighted by atomic mass is 10.2. The number of nitrogens with zero attached hydrogens (tertiary/aromatic N) is 3. The highest BCUT2D eigenvalue weighted by atomic mass is 16.5. The van der Waals surface area contributed by atoms with Crippen molar-refractivity contribution in [3.05, 3.63) is 42.2 Å². The molecule has 1 atom stereocenters. The SMILES string of the molecule is Cc1occc1-c1noc([C@@H](N)Cc2cnc[nH]2)n1. The van der Waals surface area contributed by atoms with Crippen LogP contribution in [0.15, 0.2) is 33.8 Å². The van der Waals surface area contributed by atoms with Gasteiger partial charge in [0.2, 0.25) is 11.7 Å². The molecule has 0 spiro atoms. The minimum atomic E-state index is -0.367. The fourth-order valence-electron chi connectivity index (χ4n) is 1.83. The van der Waals surface area contributed by atoms with E-state index in [9.17, 15) is 0 Å². The Bertz CT molecular complexity index is 655. The highest BCUT2D eigenvalue weighted by Crippen LogP contribution is 2.23. The van der Waals surface area contributed by atoms with E-state index in [1.807, 2.05) is 6.92 Å². The molecule has 0 unspecified atom stereocenters. The van der Waals surface area contributed by atoms with Crippen molar-refractivity contribution in [2.45, 2.75) is 19.4 Å². The third-order valence-electron chi connectivity index (χ3n) is 2.85. The van der Waals surface area contributed by atoms with E-state index < -0.39 is 0 Å². The molecule has 3 rings (SSSR count). The van der Waals surface area contributed by atoms with E-state index in [4.69, 9.17) is 14.7 Å². The average Bonchev–Trinajstić information content (AvgIpc) is 3.08. The Hall–Kier alpha value is -2.41. The second-order valence-corrected chi connectivity index (χ2v) is 4.23. The molecule has 19 heavy (non-hydrogen) atoms. The van der Waals surface area contributed by atoms with E-state index in [2.05, 4.69) is 20.1 Å². The second kappa shape index (κ2) is 4.69. The number of aromatic amines is 1. The Labute approximate surface area is 108 Å². The number of H-pyrrole nitrogens is 1. The number of furan rings is 1. The molecule has 0 bridgehead atoms. The van der Waals surface area contributed by atoms with E-state index >= 15 is 0 Å². The molecule has 7 nitrogen and oxygen atoms in total. The number of rotatable bonds is 4. The summed E-state index contributed by atoms with van der Waals surface area (Å²) >= 11 is 0. The molecule has 0 amide bonds. The maximum absolute atomic E-state index is 6.02. The highest BCUT2D eigenvalue weighted by molar-refractivity contribution is 5.56. The molecule has 0 aliphatic carbocycles. The van der Waals surface area contributed by atoms with Crippen LogP contribution in [0.1, 0.15) is 23.4 Å². The monoisotopic (exact) mass is 259 g/mol. The first kappa shape index (κ1) is 11.7. The Morgan fingerprint density at radius 2 is 2.37 bits per heavy atom. The van der Waals surface area contributed by atoms with Gasteiger partial charge in [0.1, 0.15) is 5.76 Å². The zero-order chi connectivity index (χ0) is 13.2. The predicted octanol–water partition coefficient (Wildman–Crippen LogP) is 1.60. The first-order chi connectivity index (χ1) is 9.24. The topological polar surface area (TPSA) is 107 Å². The first-order valence-corrected chi connectivity index (χ1v) is 5.85. The maximum atomic E-state index is 6.02. The molecule has 0 radical (unpaired) electrons. The Morgan fingerprint density at radius 3 is 3.05 bits per heavy atom. The molecule has 3 aromatic rings. The van der Waals surface area contributed by atoms with Crippen LogP contribution in [-0.4, -0.2) is 20.1 Å². The second-order valence-electron chi connectivity index (χ2n) is 4.23. The number of nitrogens with two attached hydrogens (primary N) is 1. The molecule has 0 aliphatic rings. The summed E-state index contributed by atoms with van der Waals surface area (Å²) in [5.41, 5.74) is 7.76. The fraction of sp³-hybridized carbons (Fsp3) is 0.250. The summed E-state index contributed by atoms with van der Waals surface area (Å²) in [4.78, 5) is 11.2. The van der Waals surface area contributed by atoms with Crippen molar-refractivity contribution in [1.82, 2.24) is 20.1 Å². The molecule has 0 aromatic carbocycles. The fourth-order valence-corrected chi connectivity index (χ4v) is 1.83. The predicted molar refractivity (Wildman–Crippen MR) is 66.0 cm³/mol. The summed E-state index contributed by atoms with van der Waals surface area (Å²) in [7, 11) is 0. The van der Waals surface area contributed by atoms with Gasteiger partial charge in [0.15, 0.2) is 0 Å². The van der Waals surface area contributed by atoms with Gasteiger partial charge in [0.25, 0.3) is 0 Å². The van der Waals surface area contributed by atoms with E-state index in [1.165, 1.54) is 0 Å². The number of nitrogens with one attached hydrogen (secondary N) is 1. The van der Waals surface area contributed by atoms with Gasteiger partial charge in [0, 0.05) is 18.3 Å². The van der Waals surface area contributed by atoms with Crippen molar-refractivity contribution >= 4 is 0 Å². The van der Waals surface area contributed by atoms with Crippen LogP contribution in [0.4, 0.5) is 0 Å². The van der Waals surface area contributed by atoms with Gasteiger partial charge >= 0.3 is 0 Å². The van der Waals surface area contributed by atoms with E-state index in [1.54, 1.807) is 24.9 Å². The molecule has 3 aromatic heterocycles. The molecule has 0 saturated heterocycles. The Morgan fingerprint density at radius 1 is 1.47 bits per heavy atom. The molecule has 7 heteroatoms. The molecular weight excluding hydrogens is 246 g/mol. The van der Waals surface area contributed by atoms with Gasteiger partial charge in [-0.2, -0.15) is 4.98 Å². The van der Waals surface area contributed by atoms with Gasteiger partial charge in [-0.05, 0) is 13.0 Å². The van der Waals surface area contributed by atoms with Gasteiger partial charge < -0.3 is 19.7 Å². The minimum absolute atomic E-state index is 0.367. The number of aromatic nitrogens is 4. The van der Waals surface area contributed by atoms with Gasteiger partial charge in [-0.3, -0.25) is 0 Å². The molecule has 0 fully saturated rings. The lowest BCUT2D eigenvalue weighted by Crippen LogP contribution is -2.13. The van der Waals surface area contributed by atoms with Gasteiger partial charge in [-0.25, -0.2) is 4.98 Å². The number of hydrogen-bond donors (Lipinski definition) is 2. The van der Waals surface area contributed by atoms with Crippen LogP contribution in [0, 0.1) is 6.92 Å². The van der Waals surface area contributed by atoms with E-state index in [0.717, 1.165) is 17.0 Å². The standard InChI is InChI=1S/C12H13N5O2/c1-7-9(2-3-18-7)11-16-12(19-17-11)10(13)4-8-5-14-6-15-8/h2-3,5-6,10H,4,13H2,1H3,(H,14,15)/t10-/m0/s1. The minimum Gasteiger partial charge on any atom is -0.469 e. The Kier molecular flexibility index (Phi) is 2.88. The van der Waals surface area contributed by atoms with Crippen molar-refractivity contribution in [2.24, 2.45) is 5.73 Å². The van der Waals surface area contributed by atoms with Crippen molar-refractivity contribution in [3.8, 4) is 11.4 Å². The Balaban J connectivity index is 1.79. The molecule has 0 saturated carbocycles. The van der Waals surface area contributed by atoms with Gasteiger partial charge in [-0.1, -0.05) is 5.16 Å². The molecular formula is C12H13N5O2. The van der Waals surface area contributed by atoms with Crippen LogP contribution in [0.2, 0.25) is 0 Å². The zero-order valence-corrected chi connectivity index (χ0v) is 10.3. The van der Waals surface area contributed by atoms with Crippen LogP contribution >= 0.6 is 0 Å². The van der Waals surface area contributed by atoms with Crippen molar-refractivity contribution < 1.29 is 8.94 Å². The quantitative estimate of drug-likeness (QED) is 0.737. The zero-order valence-electron chi connectivity index (χ0n) is 10.3. The first-order valence-electron chi connectivity index (χ1n) is 5.85. The van der Waals surface area contributed by atoms with Crippen molar-refractivity contribution in [2.75, 3.05) is 0 Å². The molecule has 0 aliphatic heterocycles. The van der Waals surface area contributed by atoms with Crippen LogP contribution < -0.4 is 5.73 Å². The lowest BCUT2D eigenvalue weighted by molar-refractivity contribution is 0.354. The molecule has 3 N–H and O–H groups in total. The number of hydrogen-bond acceptors (Lipinski definition) is 6. The van der Waals surface area contributed by atoms with Crippen LogP contribution in [-0.2, 0) is 6.42 Å². The number of imidazole rings is 1. The van der Waals surface area contributed by atoms with Gasteiger partial charge in [-0.15, -0.1) is 0 Å². The highest BCUT2D eigenvalue weighted by Gasteiger charge is 2.18. The normalized spacial score (nSPS) is 12.7. The van der Waals surface area contributed by atoms with Crippen LogP contribution in [0.5, 0.6) is 0 Å². The third-order valence-corrected chi connectivity index (χ3v) is 2.85. The summed E-state index contributed by atoms with van der Waals surface area (Å²) in [5, 5.41) is 3.92. The van der Waals surface area contributed by atoms with E-state index in [-0.39, 0.29) is 6.04 Å². The lowest BCUT2D eigenvalue weighted by Gasteiger charge is -2.03. The molecule has 3 heterocycles. The van der Waals surface area contributed by atoms with Crippen LogP contribution in [0.25, 0.3) is 11.4 Å². The van der Waals surface area contributed by atoms with Gasteiger partial charge in [0.05, 0.1) is 24.2 Å².